The van der Waals surface area contributed by atoms with E-state index in [0.717, 1.165) is 5.56 Å². The van der Waals surface area contributed by atoms with Gasteiger partial charge < -0.3 is 15.4 Å². The van der Waals surface area contributed by atoms with Crippen molar-refractivity contribution in [3.05, 3.63) is 102 Å². The molecule has 2 N–H and O–H groups in total. The maximum absolute atomic E-state index is 13.1. The molecular weight excluding hydrogens is 392 g/mol. The molecule has 3 aromatic carbocycles. The van der Waals surface area contributed by atoms with Gasteiger partial charge in [-0.3, -0.25) is 4.79 Å². The predicted molar refractivity (Wildman–Crippen MR) is 118 cm³/mol. The van der Waals surface area contributed by atoms with Gasteiger partial charge in [0.2, 0.25) is 0 Å². The van der Waals surface area contributed by atoms with E-state index in [4.69, 9.17) is 10.5 Å². The molecule has 0 aliphatic heterocycles. The van der Waals surface area contributed by atoms with Gasteiger partial charge in [-0.1, -0.05) is 48.5 Å². The molecule has 0 fully saturated rings. The van der Waals surface area contributed by atoms with Gasteiger partial charge in [0.25, 0.3) is 5.91 Å². The van der Waals surface area contributed by atoms with Gasteiger partial charge in [-0.25, -0.2) is 9.59 Å². The third-order valence-electron chi connectivity index (χ3n) is 4.88. The summed E-state index contributed by atoms with van der Waals surface area (Å²) in [5, 5.41) is 0. The number of anilines is 1. The van der Waals surface area contributed by atoms with E-state index in [9.17, 15) is 14.4 Å². The number of benzene rings is 3. The van der Waals surface area contributed by atoms with Gasteiger partial charge in [-0.2, -0.15) is 0 Å². The van der Waals surface area contributed by atoms with Crippen LogP contribution in [0.5, 0.6) is 0 Å². The van der Waals surface area contributed by atoms with Gasteiger partial charge in [0.1, 0.15) is 6.04 Å². The molecule has 1 amide bonds. The van der Waals surface area contributed by atoms with Crippen LogP contribution in [0.3, 0.4) is 0 Å². The number of nitrogen functional groups attached to an aromatic ring is 1. The lowest BCUT2D eigenvalue weighted by Crippen LogP contribution is -2.47. The number of nitrogens with two attached hydrogens (primary N) is 1. The Hall–Kier alpha value is -3.93. The minimum Gasteiger partial charge on any atom is -0.399 e. The molecule has 158 valence electrons. The van der Waals surface area contributed by atoms with E-state index in [2.05, 4.69) is 0 Å². The highest BCUT2D eigenvalue weighted by atomic mass is 16.6. The summed E-state index contributed by atoms with van der Waals surface area (Å²) in [5.41, 5.74) is 7.66. The summed E-state index contributed by atoms with van der Waals surface area (Å²) in [4.78, 5) is 40.1. The van der Waals surface area contributed by atoms with Crippen LogP contribution in [0.15, 0.2) is 84.9 Å². The lowest BCUT2D eigenvalue weighted by Gasteiger charge is -2.29. The Bertz CT molecular complexity index is 1030. The SMILES string of the molecule is CCN(C(=O)c1ccccc1)C(Cc1ccccc1)C(=O)OC(=O)c1ccc(N)cc1. The van der Waals surface area contributed by atoms with Crippen LogP contribution in [-0.4, -0.2) is 35.3 Å². The van der Waals surface area contributed by atoms with Crippen LogP contribution < -0.4 is 5.73 Å². The number of ether oxygens (including phenoxy) is 1. The van der Waals surface area contributed by atoms with Crippen molar-refractivity contribution in [1.82, 2.24) is 4.90 Å². The number of nitrogens with zero attached hydrogens (tertiary/aromatic N) is 1. The molecular formula is C25H24N2O4. The van der Waals surface area contributed by atoms with Crippen molar-refractivity contribution >= 4 is 23.5 Å². The molecule has 6 nitrogen and oxygen atoms in total. The number of hydrogen-bond donors (Lipinski definition) is 1. The minimum atomic E-state index is -0.960. The monoisotopic (exact) mass is 416 g/mol. The first kappa shape index (κ1) is 21.8. The van der Waals surface area contributed by atoms with Crippen molar-refractivity contribution in [3.8, 4) is 0 Å². The van der Waals surface area contributed by atoms with E-state index in [1.165, 1.54) is 17.0 Å². The second kappa shape index (κ2) is 10.2. The highest BCUT2D eigenvalue weighted by Crippen LogP contribution is 2.16. The number of esters is 2. The summed E-state index contributed by atoms with van der Waals surface area (Å²) in [6.45, 7) is 2.06. The first-order valence-corrected chi connectivity index (χ1v) is 10.0. The molecule has 0 aliphatic carbocycles. The van der Waals surface area contributed by atoms with Gasteiger partial charge >= 0.3 is 11.9 Å². The van der Waals surface area contributed by atoms with Gasteiger partial charge in [-0.15, -0.1) is 0 Å². The van der Waals surface area contributed by atoms with Crippen LogP contribution in [0.1, 0.15) is 33.2 Å². The summed E-state index contributed by atoms with van der Waals surface area (Å²) in [5.74, 6) is -1.87. The molecule has 31 heavy (non-hydrogen) atoms. The topological polar surface area (TPSA) is 89.7 Å². The largest absolute Gasteiger partial charge is 0.399 e. The Labute approximate surface area is 181 Å². The van der Waals surface area contributed by atoms with Crippen molar-refractivity contribution in [1.29, 1.82) is 0 Å². The van der Waals surface area contributed by atoms with Crippen molar-refractivity contribution < 1.29 is 19.1 Å². The van der Waals surface area contributed by atoms with E-state index in [1.54, 1.807) is 43.3 Å². The zero-order valence-electron chi connectivity index (χ0n) is 17.2. The Morgan fingerprint density at radius 2 is 1.42 bits per heavy atom. The summed E-state index contributed by atoms with van der Waals surface area (Å²) >= 11 is 0. The summed E-state index contributed by atoms with van der Waals surface area (Å²) < 4.78 is 5.17. The summed E-state index contributed by atoms with van der Waals surface area (Å²) in [6, 6.07) is 23.1. The maximum atomic E-state index is 13.1. The van der Waals surface area contributed by atoms with Crippen LogP contribution in [0.4, 0.5) is 5.69 Å². The molecule has 3 aromatic rings. The van der Waals surface area contributed by atoms with Crippen LogP contribution in [0, 0.1) is 0 Å². The molecule has 0 aliphatic rings. The zero-order chi connectivity index (χ0) is 22.2. The quantitative estimate of drug-likeness (QED) is 0.360. The molecule has 0 spiro atoms. The third-order valence-corrected chi connectivity index (χ3v) is 4.88. The average molecular weight is 416 g/mol. The van der Waals surface area contributed by atoms with Crippen LogP contribution in [0.2, 0.25) is 0 Å². The van der Waals surface area contributed by atoms with Crippen LogP contribution in [-0.2, 0) is 16.0 Å². The molecule has 1 unspecified atom stereocenters. The van der Waals surface area contributed by atoms with E-state index in [0.29, 0.717) is 11.3 Å². The molecule has 0 heterocycles. The van der Waals surface area contributed by atoms with E-state index in [-0.39, 0.29) is 24.4 Å². The lowest BCUT2D eigenvalue weighted by atomic mass is 10.0. The second-order valence-corrected chi connectivity index (χ2v) is 6.99. The van der Waals surface area contributed by atoms with E-state index >= 15 is 0 Å². The first-order chi connectivity index (χ1) is 15.0. The fourth-order valence-corrected chi connectivity index (χ4v) is 3.25. The highest BCUT2D eigenvalue weighted by Gasteiger charge is 2.32. The molecule has 1 atom stereocenters. The Morgan fingerprint density at radius 1 is 0.839 bits per heavy atom. The molecule has 0 radical (unpaired) electrons. The number of likely N-dealkylation sites (N-methyl/N-ethyl adjacent to an activating group) is 1. The van der Waals surface area contributed by atoms with Crippen molar-refractivity contribution in [3.63, 3.8) is 0 Å². The predicted octanol–water partition coefficient (Wildman–Crippen LogP) is 3.73. The van der Waals surface area contributed by atoms with Crippen molar-refractivity contribution in [2.75, 3.05) is 12.3 Å². The van der Waals surface area contributed by atoms with E-state index < -0.39 is 18.0 Å². The minimum absolute atomic E-state index is 0.207. The Balaban J connectivity index is 1.87. The Morgan fingerprint density at radius 3 is 2.00 bits per heavy atom. The number of rotatable bonds is 7. The average Bonchev–Trinajstić information content (AvgIpc) is 2.80. The standard InChI is InChI=1S/C25H24N2O4/c1-2-27(23(28)19-11-7-4-8-12-19)22(17-18-9-5-3-6-10-18)25(30)31-24(29)20-13-15-21(26)16-14-20/h3-16,22H,2,17,26H2,1H3. The molecule has 0 saturated carbocycles. The molecule has 3 rings (SSSR count). The summed E-state index contributed by atoms with van der Waals surface area (Å²) in [6.07, 6.45) is 0.223. The highest BCUT2D eigenvalue weighted by molar-refractivity contribution is 6.01. The second-order valence-electron chi connectivity index (χ2n) is 6.99. The fraction of sp³-hybridized carbons (Fsp3) is 0.160. The van der Waals surface area contributed by atoms with Gasteiger partial charge in [0.05, 0.1) is 5.56 Å². The first-order valence-electron chi connectivity index (χ1n) is 10.0. The van der Waals surface area contributed by atoms with Crippen LogP contribution >= 0.6 is 0 Å². The number of carbonyl (C=O) groups excluding carboxylic acids is 3. The normalized spacial score (nSPS) is 11.4. The van der Waals surface area contributed by atoms with Crippen molar-refractivity contribution in [2.24, 2.45) is 0 Å². The third kappa shape index (κ3) is 5.57. The van der Waals surface area contributed by atoms with E-state index in [1.807, 2.05) is 36.4 Å². The molecule has 0 saturated heterocycles. The van der Waals surface area contributed by atoms with Crippen molar-refractivity contribution in [2.45, 2.75) is 19.4 Å². The fourth-order valence-electron chi connectivity index (χ4n) is 3.25. The molecule has 0 bridgehead atoms. The van der Waals surface area contributed by atoms with Gasteiger partial charge in [0, 0.05) is 24.2 Å². The zero-order valence-corrected chi connectivity index (χ0v) is 17.2. The van der Waals surface area contributed by atoms with Gasteiger partial charge in [-0.05, 0) is 48.9 Å². The van der Waals surface area contributed by atoms with Crippen LogP contribution in [0.25, 0.3) is 0 Å². The summed E-state index contributed by atoms with van der Waals surface area (Å²) in [7, 11) is 0. The van der Waals surface area contributed by atoms with Gasteiger partial charge in [0.15, 0.2) is 0 Å². The number of hydrogen-bond acceptors (Lipinski definition) is 5. The number of amides is 1. The number of carbonyl (C=O) groups is 3. The lowest BCUT2D eigenvalue weighted by molar-refractivity contribution is -0.143. The smallest absolute Gasteiger partial charge is 0.345 e. The molecule has 0 aromatic heterocycles. The Kier molecular flexibility index (Phi) is 7.17. The maximum Gasteiger partial charge on any atom is 0.345 e. The molecule has 6 heteroatoms.